The van der Waals surface area contributed by atoms with Gasteiger partial charge in [-0.15, -0.1) is 0 Å². The third-order valence-electron chi connectivity index (χ3n) is 3.11. The zero-order chi connectivity index (χ0) is 15.0. The minimum atomic E-state index is -1.52. The zero-order valence-electron chi connectivity index (χ0n) is 10.7. The van der Waals surface area contributed by atoms with Gasteiger partial charge in [-0.1, -0.05) is 0 Å². The summed E-state index contributed by atoms with van der Waals surface area (Å²) in [6.07, 6.45) is 1.56. The van der Waals surface area contributed by atoms with E-state index in [0.29, 0.717) is 22.3 Å². The summed E-state index contributed by atoms with van der Waals surface area (Å²) in [6.45, 7) is 0. The maximum absolute atomic E-state index is 13.7. The Morgan fingerprint density at radius 1 is 0.905 bits per heavy atom. The highest BCUT2D eigenvalue weighted by Crippen LogP contribution is 2.30. The molecule has 0 saturated heterocycles. The highest BCUT2D eigenvalue weighted by atomic mass is 19.2. The highest BCUT2D eigenvalue weighted by molar-refractivity contribution is 5.99. The van der Waals surface area contributed by atoms with Crippen LogP contribution in [0.3, 0.4) is 0 Å². The Morgan fingerprint density at radius 3 is 2.48 bits per heavy atom. The minimum Gasteiger partial charge on any atom is -0.398 e. The average Bonchev–Trinajstić information content (AvgIpc) is 2.50. The molecule has 2 aromatic carbocycles. The van der Waals surface area contributed by atoms with Crippen LogP contribution in [-0.2, 0) is 0 Å². The van der Waals surface area contributed by atoms with Gasteiger partial charge < -0.3 is 11.1 Å². The van der Waals surface area contributed by atoms with Gasteiger partial charge in [0.2, 0.25) is 0 Å². The lowest BCUT2D eigenvalue weighted by Gasteiger charge is -2.11. The van der Waals surface area contributed by atoms with Gasteiger partial charge in [0.25, 0.3) is 0 Å². The summed E-state index contributed by atoms with van der Waals surface area (Å²) in [6, 6.07) is 8.70. The van der Waals surface area contributed by atoms with Crippen LogP contribution in [0.2, 0.25) is 0 Å². The van der Waals surface area contributed by atoms with E-state index < -0.39 is 17.5 Å². The van der Waals surface area contributed by atoms with Gasteiger partial charge in [0.15, 0.2) is 17.5 Å². The van der Waals surface area contributed by atoms with Gasteiger partial charge in [-0.2, -0.15) is 0 Å². The van der Waals surface area contributed by atoms with Crippen LogP contribution in [0.1, 0.15) is 0 Å². The first-order valence-electron chi connectivity index (χ1n) is 6.11. The molecule has 3 rings (SSSR count). The number of pyridine rings is 1. The van der Waals surface area contributed by atoms with Crippen molar-refractivity contribution in [1.29, 1.82) is 0 Å². The molecular formula is C15H10F3N3. The summed E-state index contributed by atoms with van der Waals surface area (Å²) in [5.41, 5.74) is 7.15. The first-order chi connectivity index (χ1) is 10.1. The Labute approximate surface area is 118 Å². The Kier molecular flexibility index (Phi) is 3.13. The number of nitrogens with one attached hydrogen (secondary N) is 1. The zero-order valence-corrected chi connectivity index (χ0v) is 10.7. The van der Waals surface area contributed by atoms with Crippen LogP contribution in [0.5, 0.6) is 0 Å². The molecule has 1 aromatic heterocycles. The molecule has 106 valence electrons. The molecular weight excluding hydrogens is 279 g/mol. The summed E-state index contributed by atoms with van der Waals surface area (Å²) in [4.78, 5) is 4.18. The van der Waals surface area contributed by atoms with E-state index in [0.717, 1.165) is 12.1 Å². The lowest BCUT2D eigenvalue weighted by atomic mass is 10.1. The first-order valence-corrected chi connectivity index (χ1v) is 6.11. The molecule has 0 amide bonds. The topological polar surface area (TPSA) is 50.9 Å². The SMILES string of the molecule is Nc1ccc(Nc2ccc(F)c(F)c2F)c2ncccc12. The largest absolute Gasteiger partial charge is 0.398 e. The molecule has 21 heavy (non-hydrogen) atoms. The van der Waals surface area contributed by atoms with Gasteiger partial charge in [0.1, 0.15) is 0 Å². The van der Waals surface area contributed by atoms with Crippen LogP contribution in [0, 0.1) is 17.5 Å². The van der Waals surface area contributed by atoms with E-state index >= 15 is 0 Å². The lowest BCUT2D eigenvalue weighted by molar-refractivity contribution is 0.449. The Morgan fingerprint density at radius 2 is 1.67 bits per heavy atom. The van der Waals surface area contributed by atoms with E-state index in [1.165, 1.54) is 0 Å². The maximum atomic E-state index is 13.7. The third kappa shape index (κ3) is 2.24. The van der Waals surface area contributed by atoms with Gasteiger partial charge in [0, 0.05) is 17.3 Å². The number of halogens is 3. The van der Waals surface area contributed by atoms with E-state index in [4.69, 9.17) is 5.73 Å². The van der Waals surface area contributed by atoms with Gasteiger partial charge >= 0.3 is 0 Å². The second-order valence-electron chi connectivity index (χ2n) is 4.45. The van der Waals surface area contributed by atoms with E-state index in [2.05, 4.69) is 10.3 Å². The second-order valence-corrected chi connectivity index (χ2v) is 4.45. The van der Waals surface area contributed by atoms with Crippen LogP contribution >= 0.6 is 0 Å². The molecule has 0 aliphatic carbocycles. The van der Waals surface area contributed by atoms with Crippen LogP contribution in [0.25, 0.3) is 10.9 Å². The minimum absolute atomic E-state index is 0.175. The fourth-order valence-corrected chi connectivity index (χ4v) is 2.06. The van der Waals surface area contributed by atoms with Crippen molar-refractivity contribution in [2.24, 2.45) is 0 Å². The smallest absolute Gasteiger partial charge is 0.196 e. The Bertz CT molecular complexity index is 834. The van der Waals surface area contributed by atoms with Crippen molar-refractivity contribution >= 4 is 28.0 Å². The number of nitrogen functional groups attached to an aromatic ring is 1. The van der Waals surface area contributed by atoms with E-state index in [9.17, 15) is 13.2 Å². The number of aromatic nitrogens is 1. The quantitative estimate of drug-likeness (QED) is 0.554. The molecule has 0 atom stereocenters. The fourth-order valence-electron chi connectivity index (χ4n) is 2.06. The standard InChI is InChI=1S/C15H10F3N3/c16-9-3-5-11(14(18)13(9)17)21-12-6-4-10(19)8-2-1-7-20-15(8)12/h1-7,21H,19H2. The van der Waals surface area contributed by atoms with Gasteiger partial charge in [-0.05, 0) is 36.4 Å². The van der Waals surface area contributed by atoms with Gasteiger partial charge in [-0.3, -0.25) is 4.98 Å². The van der Waals surface area contributed by atoms with Crippen molar-refractivity contribution < 1.29 is 13.2 Å². The molecule has 3 aromatic rings. The number of fused-ring (bicyclic) bond motifs is 1. The van der Waals surface area contributed by atoms with Crippen molar-refractivity contribution in [3.63, 3.8) is 0 Å². The number of rotatable bonds is 2. The molecule has 6 heteroatoms. The third-order valence-corrected chi connectivity index (χ3v) is 3.11. The van der Waals surface area contributed by atoms with Crippen molar-refractivity contribution in [3.05, 3.63) is 60.0 Å². The predicted molar refractivity (Wildman–Crippen MR) is 75.8 cm³/mol. The van der Waals surface area contributed by atoms with Crippen molar-refractivity contribution in [2.75, 3.05) is 11.1 Å². The number of hydrogen-bond acceptors (Lipinski definition) is 3. The molecule has 1 heterocycles. The molecule has 0 spiro atoms. The molecule has 0 aliphatic rings. The fraction of sp³-hybridized carbons (Fsp3) is 0. The van der Waals surface area contributed by atoms with Crippen LogP contribution < -0.4 is 11.1 Å². The van der Waals surface area contributed by atoms with Crippen molar-refractivity contribution in [1.82, 2.24) is 4.98 Å². The van der Waals surface area contributed by atoms with Crippen molar-refractivity contribution in [3.8, 4) is 0 Å². The molecule has 0 saturated carbocycles. The second kappa shape index (κ2) is 4.97. The van der Waals surface area contributed by atoms with E-state index in [1.807, 2.05) is 0 Å². The molecule has 0 radical (unpaired) electrons. The van der Waals surface area contributed by atoms with E-state index in [-0.39, 0.29) is 5.69 Å². The summed E-state index contributed by atoms with van der Waals surface area (Å²) in [5.74, 6) is -4.04. The maximum Gasteiger partial charge on any atom is 0.196 e. The van der Waals surface area contributed by atoms with Gasteiger partial charge in [-0.25, -0.2) is 13.2 Å². The Hall–Kier alpha value is -2.76. The van der Waals surface area contributed by atoms with E-state index in [1.54, 1.807) is 30.5 Å². The summed E-state index contributed by atoms with van der Waals surface area (Å²) >= 11 is 0. The summed E-state index contributed by atoms with van der Waals surface area (Å²) in [7, 11) is 0. The number of nitrogens with zero attached hydrogens (tertiary/aromatic N) is 1. The van der Waals surface area contributed by atoms with Crippen LogP contribution in [0.15, 0.2) is 42.6 Å². The molecule has 0 bridgehead atoms. The molecule has 0 fully saturated rings. The summed E-state index contributed by atoms with van der Waals surface area (Å²) in [5, 5.41) is 3.40. The molecule has 0 unspecified atom stereocenters. The van der Waals surface area contributed by atoms with Crippen LogP contribution in [0.4, 0.5) is 30.2 Å². The number of hydrogen-bond donors (Lipinski definition) is 2. The number of anilines is 3. The average molecular weight is 289 g/mol. The monoisotopic (exact) mass is 289 g/mol. The molecule has 0 aliphatic heterocycles. The lowest BCUT2D eigenvalue weighted by Crippen LogP contribution is -2.00. The van der Waals surface area contributed by atoms with Crippen molar-refractivity contribution in [2.45, 2.75) is 0 Å². The normalized spacial score (nSPS) is 10.8. The number of benzene rings is 2. The highest BCUT2D eigenvalue weighted by Gasteiger charge is 2.14. The molecule has 3 N–H and O–H groups in total. The van der Waals surface area contributed by atoms with Gasteiger partial charge in [0.05, 0.1) is 16.9 Å². The predicted octanol–water partition coefficient (Wildman–Crippen LogP) is 3.98. The van der Waals surface area contributed by atoms with Crippen LogP contribution in [-0.4, -0.2) is 4.98 Å². The summed E-state index contributed by atoms with van der Waals surface area (Å²) < 4.78 is 39.9. The first kappa shape index (κ1) is 13.2. The number of nitrogens with two attached hydrogens (primary N) is 1. The molecule has 3 nitrogen and oxygen atoms in total. The Balaban J connectivity index is 2.11.